The second-order valence-electron chi connectivity index (χ2n) is 4.13. The molecule has 0 radical (unpaired) electrons. The monoisotopic (exact) mass is 266 g/mol. The summed E-state index contributed by atoms with van der Waals surface area (Å²) >= 11 is 5.57. The summed E-state index contributed by atoms with van der Waals surface area (Å²) in [5, 5.41) is -2.01. The van der Waals surface area contributed by atoms with E-state index in [-0.39, 0.29) is 32.5 Å². The van der Waals surface area contributed by atoms with Gasteiger partial charge in [0.05, 0.1) is 26.1 Å². The third kappa shape index (κ3) is 3.31. The molecule has 1 atom stereocenters. The number of ether oxygens (including phenoxy) is 2. The van der Waals surface area contributed by atoms with Crippen molar-refractivity contribution in [2.75, 3.05) is 13.2 Å². The molecule has 0 aromatic heterocycles. The molecule has 17 heavy (non-hydrogen) atoms. The van der Waals surface area contributed by atoms with Gasteiger partial charge in [0.15, 0.2) is 5.13 Å². The van der Waals surface area contributed by atoms with Gasteiger partial charge >= 0.3 is 11.9 Å². The fourth-order valence-electron chi connectivity index (χ4n) is 1.80. The number of halogens is 2. The zero-order chi connectivity index (χ0) is 13.1. The Morgan fingerprint density at radius 2 is 1.53 bits per heavy atom. The van der Waals surface area contributed by atoms with E-state index in [1.165, 1.54) is 0 Å². The second kappa shape index (κ2) is 5.21. The van der Waals surface area contributed by atoms with E-state index >= 15 is 0 Å². The Morgan fingerprint density at radius 3 is 1.76 bits per heavy atom. The van der Waals surface area contributed by atoms with Gasteiger partial charge in [0.2, 0.25) is 0 Å². The van der Waals surface area contributed by atoms with Gasteiger partial charge < -0.3 is 9.47 Å². The molecule has 1 fully saturated rings. The van der Waals surface area contributed by atoms with E-state index in [9.17, 15) is 14.0 Å². The van der Waals surface area contributed by atoms with E-state index in [1.807, 2.05) is 0 Å². The molecular formula is C11H16ClFO4. The van der Waals surface area contributed by atoms with Gasteiger partial charge in [-0.1, -0.05) is 11.6 Å². The van der Waals surface area contributed by atoms with Crippen LogP contribution in [0.4, 0.5) is 4.39 Å². The van der Waals surface area contributed by atoms with Crippen molar-refractivity contribution in [2.24, 2.45) is 5.41 Å². The van der Waals surface area contributed by atoms with Crippen LogP contribution < -0.4 is 0 Å². The lowest BCUT2D eigenvalue weighted by molar-refractivity contribution is -0.148. The molecule has 0 heterocycles. The lowest BCUT2D eigenvalue weighted by Gasteiger charge is -2.15. The van der Waals surface area contributed by atoms with E-state index in [1.54, 1.807) is 13.8 Å². The minimum absolute atomic E-state index is 0.0286. The Balaban J connectivity index is 2.60. The van der Waals surface area contributed by atoms with Gasteiger partial charge in [0.25, 0.3) is 0 Å². The van der Waals surface area contributed by atoms with Crippen molar-refractivity contribution in [3.8, 4) is 0 Å². The summed E-state index contributed by atoms with van der Waals surface area (Å²) in [6.45, 7) is 3.75. The summed E-state index contributed by atoms with van der Waals surface area (Å²) in [6, 6.07) is 0. The highest BCUT2D eigenvalue weighted by Crippen LogP contribution is 2.66. The van der Waals surface area contributed by atoms with E-state index in [0.29, 0.717) is 0 Å². The molecule has 1 aliphatic carbocycles. The van der Waals surface area contributed by atoms with Crippen molar-refractivity contribution in [1.82, 2.24) is 0 Å². The third-order valence-corrected chi connectivity index (χ3v) is 3.32. The number of esters is 2. The highest BCUT2D eigenvalue weighted by molar-refractivity contribution is 6.26. The van der Waals surface area contributed by atoms with Crippen molar-refractivity contribution in [2.45, 2.75) is 38.2 Å². The second-order valence-corrected chi connectivity index (χ2v) is 4.72. The first kappa shape index (κ1) is 14.2. The molecule has 0 saturated heterocycles. The number of carbonyl (C=O) groups excluding carboxylic acids is 2. The molecule has 1 saturated carbocycles. The van der Waals surface area contributed by atoms with Crippen LogP contribution in [-0.4, -0.2) is 30.3 Å². The first-order valence-corrected chi connectivity index (χ1v) is 5.94. The van der Waals surface area contributed by atoms with E-state index in [2.05, 4.69) is 0 Å². The fourth-order valence-corrected chi connectivity index (χ4v) is 2.19. The Morgan fingerprint density at radius 1 is 1.18 bits per heavy atom. The molecule has 0 unspecified atom stereocenters. The first-order chi connectivity index (χ1) is 7.87. The van der Waals surface area contributed by atoms with Crippen LogP contribution >= 0.6 is 11.6 Å². The maximum absolute atomic E-state index is 13.7. The van der Waals surface area contributed by atoms with Crippen LogP contribution in [0.1, 0.15) is 33.1 Å². The Labute approximate surface area is 104 Å². The zero-order valence-corrected chi connectivity index (χ0v) is 10.7. The van der Waals surface area contributed by atoms with Crippen molar-refractivity contribution in [3.05, 3.63) is 0 Å². The van der Waals surface area contributed by atoms with Crippen LogP contribution in [0.3, 0.4) is 0 Å². The maximum atomic E-state index is 13.7. The molecule has 0 N–H and O–H groups in total. The van der Waals surface area contributed by atoms with Gasteiger partial charge in [-0.15, -0.1) is 0 Å². The Kier molecular flexibility index (Phi) is 4.36. The molecule has 1 aliphatic rings. The molecule has 0 aromatic carbocycles. The van der Waals surface area contributed by atoms with Crippen LogP contribution in [-0.2, 0) is 19.1 Å². The van der Waals surface area contributed by atoms with Crippen molar-refractivity contribution in [3.63, 3.8) is 0 Å². The number of carbonyl (C=O) groups is 2. The standard InChI is InChI=1S/C11H16ClFO4/c1-3-16-8(14)5-10(7-11(10,12)13)6-9(15)17-4-2/h3-7H2,1-2H3/t11-/m0/s1. The van der Waals surface area contributed by atoms with Crippen LogP contribution in [0.5, 0.6) is 0 Å². The molecule has 0 spiro atoms. The summed E-state index contributed by atoms with van der Waals surface area (Å²) in [6.07, 6.45) is -0.418. The van der Waals surface area contributed by atoms with Crippen molar-refractivity contribution < 1.29 is 23.5 Å². The van der Waals surface area contributed by atoms with Crippen LogP contribution in [0, 0.1) is 5.41 Å². The molecule has 6 heteroatoms. The fraction of sp³-hybridized carbons (Fsp3) is 0.818. The number of rotatable bonds is 6. The minimum Gasteiger partial charge on any atom is -0.466 e. The van der Waals surface area contributed by atoms with Crippen molar-refractivity contribution >= 4 is 23.5 Å². The number of hydrogen-bond acceptors (Lipinski definition) is 4. The van der Waals surface area contributed by atoms with Gasteiger partial charge in [-0.05, 0) is 13.8 Å². The summed E-state index contributed by atoms with van der Waals surface area (Å²) in [5.74, 6) is -1.09. The molecular weight excluding hydrogens is 251 g/mol. The van der Waals surface area contributed by atoms with E-state index in [0.717, 1.165) is 0 Å². The molecule has 0 aromatic rings. The van der Waals surface area contributed by atoms with Crippen LogP contribution in [0.25, 0.3) is 0 Å². The smallest absolute Gasteiger partial charge is 0.306 e. The predicted octanol–water partition coefficient (Wildman–Crippen LogP) is 2.19. The molecule has 98 valence electrons. The Bertz CT molecular complexity index is 297. The summed E-state index contributed by atoms with van der Waals surface area (Å²) in [5.41, 5.74) is -1.16. The topological polar surface area (TPSA) is 52.6 Å². The molecule has 0 amide bonds. The van der Waals surface area contributed by atoms with Crippen molar-refractivity contribution in [1.29, 1.82) is 0 Å². The number of alkyl halides is 2. The van der Waals surface area contributed by atoms with Crippen LogP contribution in [0.2, 0.25) is 0 Å². The van der Waals surface area contributed by atoms with Gasteiger partial charge in [-0.2, -0.15) is 0 Å². The maximum Gasteiger partial charge on any atom is 0.306 e. The summed E-state index contributed by atoms with van der Waals surface area (Å²) < 4.78 is 23.1. The molecule has 4 nitrogen and oxygen atoms in total. The third-order valence-electron chi connectivity index (χ3n) is 2.79. The summed E-state index contributed by atoms with van der Waals surface area (Å²) in [7, 11) is 0. The van der Waals surface area contributed by atoms with Gasteiger partial charge in [-0.25, -0.2) is 4.39 Å². The highest BCUT2D eigenvalue weighted by Gasteiger charge is 2.70. The minimum atomic E-state index is -2.01. The number of hydrogen-bond donors (Lipinski definition) is 0. The van der Waals surface area contributed by atoms with Gasteiger partial charge in [0, 0.05) is 11.8 Å². The normalized spacial score (nSPS) is 25.2. The SMILES string of the molecule is CCOC(=O)CC1(CC(=O)OCC)C[C@@]1(F)Cl. The molecule has 0 aliphatic heterocycles. The lowest BCUT2D eigenvalue weighted by Crippen LogP contribution is -2.22. The largest absolute Gasteiger partial charge is 0.466 e. The highest BCUT2D eigenvalue weighted by atomic mass is 35.5. The quantitative estimate of drug-likeness (QED) is 0.546. The average molecular weight is 267 g/mol. The predicted molar refractivity (Wildman–Crippen MR) is 59.2 cm³/mol. The molecule has 0 bridgehead atoms. The zero-order valence-electron chi connectivity index (χ0n) is 9.92. The van der Waals surface area contributed by atoms with E-state index < -0.39 is 22.5 Å². The van der Waals surface area contributed by atoms with E-state index in [4.69, 9.17) is 21.1 Å². The lowest BCUT2D eigenvalue weighted by atomic mass is 9.98. The van der Waals surface area contributed by atoms with Gasteiger partial charge in [0.1, 0.15) is 0 Å². The Hall–Kier alpha value is -0.840. The first-order valence-electron chi connectivity index (χ1n) is 5.56. The molecule has 1 rings (SSSR count). The van der Waals surface area contributed by atoms with Gasteiger partial charge in [-0.3, -0.25) is 9.59 Å². The average Bonchev–Trinajstić information content (AvgIpc) is 2.66. The summed E-state index contributed by atoms with van der Waals surface area (Å²) in [4.78, 5) is 22.7. The van der Waals surface area contributed by atoms with Crippen LogP contribution in [0.15, 0.2) is 0 Å².